The van der Waals surface area contributed by atoms with Gasteiger partial charge in [0.05, 0.1) is 25.3 Å². The van der Waals surface area contributed by atoms with E-state index in [1.807, 2.05) is 62.3 Å². The number of likely N-dealkylation sites (tertiary alicyclic amines) is 1. The van der Waals surface area contributed by atoms with Crippen molar-refractivity contribution in [3.05, 3.63) is 95.1 Å². The molecular formula is C33H38N2O6. The summed E-state index contributed by atoms with van der Waals surface area (Å²) in [5.74, 6) is -0.0293. The maximum absolute atomic E-state index is 13.4. The van der Waals surface area contributed by atoms with Crippen LogP contribution < -0.4 is 14.2 Å². The number of benzene rings is 3. The van der Waals surface area contributed by atoms with E-state index >= 15 is 0 Å². The number of ether oxygens (including phenoxy) is 3. The Kier molecular flexibility index (Phi) is 10.0. The van der Waals surface area contributed by atoms with Crippen LogP contribution in [0.25, 0.3) is 5.76 Å². The van der Waals surface area contributed by atoms with Crippen LogP contribution in [0.15, 0.2) is 78.4 Å². The van der Waals surface area contributed by atoms with E-state index in [-0.39, 0.29) is 11.3 Å². The molecule has 0 radical (unpaired) electrons. The van der Waals surface area contributed by atoms with E-state index in [1.165, 1.54) is 4.90 Å². The van der Waals surface area contributed by atoms with Crippen LogP contribution in [0.3, 0.4) is 0 Å². The van der Waals surface area contributed by atoms with Crippen LogP contribution in [0.4, 0.5) is 0 Å². The number of ketones is 1. The smallest absolute Gasteiger partial charge is 0.295 e. The summed E-state index contributed by atoms with van der Waals surface area (Å²) in [6.45, 7) is 3.98. The Morgan fingerprint density at radius 2 is 1.73 bits per heavy atom. The van der Waals surface area contributed by atoms with Gasteiger partial charge in [-0.25, -0.2) is 0 Å². The molecule has 1 amide bonds. The lowest BCUT2D eigenvalue weighted by molar-refractivity contribution is -0.139. The number of rotatable bonds is 13. The standard InChI is InChI=1S/C33H38N2O6/c1-5-19-40-26-14-9-13-25(20-26)31(36)29-30(35(33(38)32(29)37)18-10-17-34(2)3)24-15-16-27(28(21-24)39-4)41-22-23-11-7-6-8-12-23/h6-9,11-16,20-21,30,36H,5,10,17-19,22H2,1-4H3/b31-29+. The number of hydrogen-bond donors (Lipinski definition) is 1. The van der Waals surface area contributed by atoms with Crippen LogP contribution in [0.2, 0.25) is 0 Å². The lowest BCUT2D eigenvalue weighted by atomic mass is 9.95. The number of methoxy groups -OCH3 is 1. The Morgan fingerprint density at radius 3 is 2.44 bits per heavy atom. The van der Waals surface area contributed by atoms with E-state index in [4.69, 9.17) is 14.2 Å². The quantitative estimate of drug-likeness (QED) is 0.170. The van der Waals surface area contributed by atoms with Crippen molar-refractivity contribution in [2.75, 3.05) is 40.9 Å². The molecule has 3 aromatic rings. The molecule has 0 aliphatic carbocycles. The highest BCUT2D eigenvalue weighted by Gasteiger charge is 2.46. The van der Waals surface area contributed by atoms with Gasteiger partial charge >= 0.3 is 0 Å². The minimum absolute atomic E-state index is 0.0347. The highest BCUT2D eigenvalue weighted by Crippen LogP contribution is 2.42. The third-order valence-electron chi connectivity index (χ3n) is 6.87. The number of Topliss-reactive ketones (excluding diaryl/α,β-unsaturated/α-hetero) is 1. The molecule has 1 N–H and O–H groups in total. The first-order valence-electron chi connectivity index (χ1n) is 13.8. The topological polar surface area (TPSA) is 88.5 Å². The molecule has 0 bridgehead atoms. The van der Waals surface area contributed by atoms with Crippen LogP contribution in [-0.2, 0) is 16.2 Å². The molecule has 1 heterocycles. The first kappa shape index (κ1) is 29.7. The molecule has 1 aliphatic heterocycles. The van der Waals surface area contributed by atoms with Crippen molar-refractivity contribution >= 4 is 17.4 Å². The van der Waals surface area contributed by atoms with Crippen molar-refractivity contribution in [3.8, 4) is 17.2 Å². The molecule has 4 rings (SSSR count). The first-order chi connectivity index (χ1) is 19.8. The van der Waals surface area contributed by atoms with Crippen LogP contribution in [-0.4, -0.2) is 67.5 Å². The zero-order valence-electron chi connectivity index (χ0n) is 24.1. The molecule has 0 aromatic heterocycles. The van der Waals surface area contributed by atoms with Crippen LogP contribution >= 0.6 is 0 Å². The largest absolute Gasteiger partial charge is 0.507 e. The summed E-state index contributed by atoms with van der Waals surface area (Å²) in [5, 5.41) is 11.5. The van der Waals surface area contributed by atoms with Gasteiger partial charge in [0.2, 0.25) is 0 Å². The normalized spacial score (nSPS) is 16.3. The number of aliphatic hydroxyl groups is 1. The fraction of sp³-hybridized carbons (Fsp3) is 0.333. The monoisotopic (exact) mass is 558 g/mol. The minimum atomic E-state index is -0.797. The number of aliphatic hydroxyl groups excluding tert-OH is 1. The second-order valence-corrected chi connectivity index (χ2v) is 10.2. The van der Waals surface area contributed by atoms with Gasteiger partial charge < -0.3 is 29.1 Å². The molecule has 1 saturated heterocycles. The molecule has 3 aromatic carbocycles. The Hall–Kier alpha value is -4.30. The second kappa shape index (κ2) is 13.9. The summed E-state index contributed by atoms with van der Waals surface area (Å²) >= 11 is 0. The first-order valence-corrected chi connectivity index (χ1v) is 13.8. The van der Waals surface area contributed by atoms with Gasteiger partial charge in [-0.05, 0) is 68.9 Å². The Balaban J connectivity index is 1.74. The van der Waals surface area contributed by atoms with Gasteiger partial charge in [-0.3, -0.25) is 9.59 Å². The van der Waals surface area contributed by atoms with Crippen LogP contribution in [0, 0.1) is 0 Å². The number of amides is 1. The van der Waals surface area contributed by atoms with Gasteiger partial charge in [0.15, 0.2) is 11.5 Å². The Labute approximate surface area is 241 Å². The summed E-state index contributed by atoms with van der Waals surface area (Å²) in [4.78, 5) is 30.3. The highest BCUT2D eigenvalue weighted by atomic mass is 16.5. The summed E-state index contributed by atoms with van der Waals surface area (Å²) in [7, 11) is 5.46. The Morgan fingerprint density at radius 1 is 0.951 bits per heavy atom. The number of carbonyl (C=O) groups is 2. The lowest BCUT2D eigenvalue weighted by Gasteiger charge is -2.26. The fourth-order valence-corrected chi connectivity index (χ4v) is 4.83. The number of hydrogen-bond acceptors (Lipinski definition) is 7. The van der Waals surface area contributed by atoms with E-state index in [0.29, 0.717) is 54.6 Å². The predicted molar refractivity (Wildman–Crippen MR) is 158 cm³/mol. The van der Waals surface area contributed by atoms with Gasteiger partial charge in [-0.15, -0.1) is 0 Å². The van der Waals surface area contributed by atoms with E-state index in [9.17, 15) is 14.7 Å². The number of carbonyl (C=O) groups excluding carboxylic acids is 2. The van der Waals surface area contributed by atoms with Crippen LogP contribution in [0.5, 0.6) is 17.2 Å². The summed E-state index contributed by atoms with van der Waals surface area (Å²) in [5.41, 5.74) is 2.09. The van der Waals surface area contributed by atoms with E-state index in [2.05, 4.69) is 0 Å². The highest BCUT2D eigenvalue weighted by molar-refractivity contribution is 6.46. The van der Waals surface area contributed by atoms with Crippen molar-refractivity contribution in [2.24, 2.45) is 0 Å². The molecule has 8 nitrogen and oxygen atoms in total. The third kappa shape index (κ3) is 7.08. The zero-order valence-corrected chi connectivity index (χ0v) is 24.1. The second-order valence-electron chi connectivity index (χ2n) is 10.2. The zero-order chi connectivity index (χ0) is 29.4. The SMILES string of the molecule is CCCOc1cccc(/C(O)=C2\C(=O)C(=O)N(CCCN(C)C)C2c2ccc(OCc3ccccc3)c(OC)c2)c1. The van der Waals surface area contributed by atoms with Crippen LogP contribution in [0.1, 0.15) is 42.5 Å². The molecule has 41 heavy (non-hydrogen) atoms. The van der Waals surface area contributed by atoms with E-state index in [1.54, 1.807) is 43.5 Å². The lowest BCUT2D eigenvalue weighted by Crippen LogP contribution is -2.32. The maximum atomic E-state index is 13.4. The van der Waals surface area contributed by atoms with Crippen molar-refractivity contribution in [2.45, 2.75) is 32.4 Å². The van der Waals surface area contributed by atoms with Crippen molar-refractivity contribution in [1.82, 2.24) is 9.80 Å². The van der Waals surface area contributed by atoms with Gasteiger partial charge in [-0.2, -0.15) is 0 Å². The summed E-state index contributed by atoms with van der Waals surface area (Å²) in [6, 6.07) is 21.3. The molecule has 1 fully saturated rings. The maximum Gasteiger partial charge on any atom is 0.295 e. The molecule has 1 atom stereocenters. The van der Waals surface area contributed by atoms with Crippen molar-refractivity contribution in [1.29, 1.82) is 0 Å². The van der Waals surface area contributed by atoms with Gasteiger partial charge in [0, 0.05) is 12.1 Å². The third-order valence-corrected chi connectivity index (χ3v) is 6.87. The average molecular weight is 559 g/mol. The van der Waals surface area contributed by atoms with E-state index in [0.717, 1.165) is 18.5 Å². The molecular weight excluding hydrogens is 520 g/mol. The molecule has 1 aliphatic rings. The van der Waals surface area contributed by atoms with Crippen molar-refractivity contribution in [3.63, 3.8) is 0 Å². The Bertz CT molecular complexity index is 1390. The fourth-order valence-electron chi connectivity index (χ4n) is 4.83. The average Bonchev–Trinajstić information content (AvgIpc) is 3.24. The summed E-state index contributed by atoms with van der Waals surface area (Å²) < 4.78 is 17.4. The van der Waals surface area contributed by atoms with Gasteiger partial charge in [0.25, 0.3) is 11.7 Å². The number of nitrogens with zero attached hydrogens (tertiary/aromatic N) is 2. The molecule has 1 unspecified atom stereocenters. The molecule has 216 valence electrons. The molecule has 0 spiro atoms. The van der Waals surface area contributed by atoms with Gasteiger partial charge in [-0.1, -0.05) is 55.5 Å². The predicted octanol–water partition coefficient (Wildman–Crippen LogP) is 5.44. The van der Waals surface area contributed by atoms with Gasteiger partial charge in [0.1, 0.15) is 18.1 Å². The van der Waals surface area contributed by atoms with Crippen molar-refractivity contribution < 1.29 is 28.9 Å². The molecule has 0 saturated carbocycles. The minimum Gasteiger partial charge on any atom is -0.507 e. The molecule has 8 heteroatoms. The van der Waals surface area contributed by atoms with E-state index < -0.39 is 17.7 Å². The summed E-state index contributed by atoms with van der Waals surface area (Å²) in [6.07, 6.45) is 1.49.